The van der Waals surface area contributed by atoms with Crippen molar-refractivity contribution in [1.29, 1.82) is 0 Å². The summed E-state index contributed by atoms with van der Waals surface area (Å²) in [5.41, 5.74) is -0.207. The standard InChI is InChI=1S/C12H24N2O/c1-10-6-14(7-11(10)13(4)5)8-12(2,3)9-15/h9-11H,6-8H2,1-5H3. The zero-order valence-electron chi connectivity index (χ0n) is 10.7. The lowest BCUT2D eigenvalue weighted by molar-refractivity contribution is -0.115. The summed E-state index contributed by atoms with van der Waals surface area (Å²) in [5.74, 6) is 0.697. The normalized spacial score (nSPS) is 28.7. The molecule has 1 fully saturated rings. The zero-order valence-corrected chi connectivity index (χ0v) is 10.7. The molecule has 1 aliphatic heterocycles. The smallest absolute Gasteiger partial charge is 0.126 e. The van der Waals surface area contributed by atoms with E-state index in [-0.39, 0.29) is 5.41 Å². The highest BCUT2D eigenvalue weighted by Crippen LogP contribution is 2.23. The van der Waals surface area contributed by atoms with Gasteiger partial charge in [-0.3, -0.25) is 0 Å². The molecule has 1 rings (SSSR count). The van der Waals surface area contributed by atoms with E-state index in [1.807, 2.05) is 13.8 Å². The van der Waals surface area contributed by atoms with Crippen molar-refractivity contribution in [3.8, 4) is 0 Å². The molecule has 0 saturated carbocycles. The van der Waals surface area contributed by atoms with Gasteiger partial charge in [0.15, 0.2) is 0 Å². The molecular formula is C12H24N2O. The van der Waals surface area contributed by atoms with Crippen LogP contribution < -0.4 is 0 Å². The summed E-state index contributed by atoms with van der Waals surface area (Å²) >= 11 is 0. The van der Waals surface area contributed by atoms with Crippen LogP contribution in [0.4, 0.5) is 0 Å². The van der Waals surface area contributed by atoms with Gasteiger partial charge < -0.3 is 14.6 Å². The van der Waals surface area contributed by atoms with Gasteiger partial charge in [-0.05, 0) is 20.0 Å². The lowest BCUT2D eigenvalue weighted by atomic mass is 9.95. The number of hydrogen-bond donors (Lipinski definition) is 0. The molecule has 1 aliphatic rings. The minimum atomic E-state index is -0.207. The van der Waals surface area contributed by atoms with Gasteiger partial charge in [-0.15, -0.1) is 0 Å². The number of carbonyl (C=O) groups excluding carboxylic acids is 1. The number of hydrogen-bond acceptors (Lipinski definition) is 3. The molecule has 0 radical (unpaired) electrons. The predicted molar refractivity (Wildman–Crippen MR) is 62.9 cm³/mol. The van der Waals surface area contributed by atoms with Gasteiger partial charge in [0, 0.05) is 31.1 Å². The van der Waals surface area contributed by atoms with Crippen LogP contribution in [0.2, 0.25) is 0 Å². The molecule has 0 spiro atoms. The number of likely N-dealkylation sites (N-methyl/N-ethyl adjacent to an activating group) is 1. The van der Waals surface area contributed by atoms with E-state index < -0.39 is 0 Å². The van der Waals surface area contributed by atoms with Gasteiger partial charge in [0.25, 0.3) is 0 Å². The number of carbonyl (C=O) groups is 1. The first kappa shape index (κ1) is 12.7. The fourth-order valence-electron chi connectivity index (χ4n) is 2.46. The van der Waals surface area contributed by atoms with Crippen molar-refractivity contribution < 1.29 is 4.79 Å². The summed E-state index contributed by atoms with van der Waals surface area (Å²) < 4.78 is 0. The summed E-state index contributed by atoms with van der Waals surface area (Å²) in [6, 6.07) is 0.632. The molecule has 2 unspecified atom stereocenters. The third-order valence-corrected chi connectivity index (χ3v) is 3.26. The summed E-state index contributed by atoms with van der Waals surface area (Å²) in [7, 11) is 4.27. The van der Waals surface area contributed by atoms with E-state index in [1.165, 1.54) is 0 Å². The van der Waals surface area contributed by atoms with Crippen molar-refractivity contribution in [3.63, 3.8) is 0 Å². The van der Waals surface area contributed by atoms with E-state index in [1.54, 1.807) is 0 Å². The van der Waals surface area contributed by atoms with Gasteiger partial charge in [-0.1, -0.05) is 20.8 Å². The molecule has 0 aromatic carbocycles. The Morgan fingerprint density at radius 3 is 2.40 bits per heavy atom. The average Bonchev–Trinajstić information content (AvgIpc) is 2.46. The monoisotopic (exact) mass is 212 g/mol. The van der Waals surface area contributed by atoms with Gasteiger partial charge in [0.1, 0.15) is 6.29 Å². The van der Waals surface area contributed by atoms with Crippen LogP contribution in [0.25, 0.3) is 0 Å². The van der Waals surface area contributed by atoms with Crippen LogP contribution in [0.1, 0.15) is 20.8 Å². The molecule has 1 saturated heterocycles. The average molecular weight is 212 g/mol. The van der Waals surface area contributed by atoms with Gasteiger partial charge in [0.05, 0.1) is 0 Å². The van der Waals surface area contributed by atoms with E-state index in [0.29, 0.717) is 12.0 Å². The maximum absolute atomic E-state index is 10.9. The molecule has 0 aromatic rings. The van der Waals surface area contributed by atoms with Crippen molar-refractivity contribution in [3.05, 3.63) is 0 Å². The summed E-state index contributed by atoms with van der Waals surface area (Å²) in [6.45, 7) is 9.39. The Morgan fingerprint density at radius 2 is 2.00 bits per heavy atom. The first-order valence-corrected chi connectivity index (χ1v) is 5.71. The Labute approximate surface area is 93.4 Å². The van der Waals surface area contributed by atoms with Crippen LogP contribution in [0, 0.1) is 11.3 Å². The molecule has 0 bridgehead atoms. The van der Waals surface area contributed by atoms with Crippen molar-refractivity contribution in [1.82, 2.24) is 9.80 Å². The number of aldehydes is 1. The van der Waals surface area contributed by atoms with Gasteiger partial charge in [0.2, 0.25) is 0 Å². The maximum Gasteiger partial charge on any atom is 0.126 e. The molecule has 3 heteroatoms. The van der Waals surface area contributed by atoms with Crippen LogP contribution in [-0.2, 0) is 4.79 Å². The second-order valence-corrected chi connectivity index (χ2v) is 5.81. The Morgan fingerprint density at radius 1 is 1.40 bits per heavy atom. The Balaban J connectivity index is 2.52. The highest BCUT2D eigenvalue weighted by Gasteiger charge is 2.33. The van der Waals surface area contributed by atoms with E-state index in [2.05, 4.69) is 30.8 Å². The SMILES string of the molecule is CC1CN(CC(C)(C)C=O)CC1N(C)C. The lowest BCUT2D eigenvalue weighted by Crippen LogP contribution is -2.37. The first-order valence-electron chi connectivity index (χ1n) is 5.71. The fraction of sp³-hybridized carbons (Fsp3) is 0.917. The van der Waals surface area contributed by atoms with Gasteiger partial charge in [-0.25, -0.2) is 0 Å². The van der Waals surface area contributed by atoms with Crippen LogP contribution >= 0.6 is 0 Å². The van der Waals surface area contributed by atoms with Crippen LogP contribution in [0.5, 0.6) is 0 Å². The molecule has 15 heavy (non-hydrogen) atoms. The zero-order chi connectivity index (χ0) is 11.6. The molecule has 1 heterocycles. The summed E-state index contributed by atoms with van der Waals surface area (Å²) in [4.78, 5) is 15.6. The summed E-state index contributed by atoms with van der Waals surface area (Å²) in [5, 5.41) is 0. The van der Waals surface area contributed by atoms with E-state index in [4.69, 9.17) is 0 Å². The van der Waals surface area contributed by atoms with Crippen LogP contribution in [0.3, 0.4) is 0 Å². The van der Waals surface area contributed by atoms with Crippen LogP contribution in [0.15, 0.2) is 0 Å². The van der Waals surface area contributed by atoms with Crippen molar-refractivity contribution in [2.24, 2.45) is 11.3 Å². The molecule has 0 amide bonds. The third kappa shape index (κ3) is 3.28. The highest BCUT2D eigenvalue weighted by molar-refractivity contribution is 5.58. The largest absolute Gasteiger partial charge is 0.305 e. The second kappa shape index (κ2) is 4.62. The van der Waals surface area contributed by atoms with Crippen molar-refractivity contribution in [2.75, 3.05) is 33.7 Å². The fourth-order valence-corrected chi connectivity index (χ4v) is 2.46. The van der Waals surface area contributed by atoms with Crippen molar-refractivity contribution >= 4 is 6.29 Å². The predicted octanol–water partition coefficient (Wildman–Crippen LogP) is 1.09. The third-order valence-electron chi connectivity index (χ3n) is 3.26. The van der Waals surface area contributed by atoms with Crippen molar-refractivity contribution in [2.45, 2.75) is 26.8 Å². The molecule has 2 atom stereocenters. The molecule has 0 aliphatic carbocycles. The molecule has 3 nitrogen and oxygen atoms in total. The quantitative estimate of drug-likeness (QED) is 0.652. The van der Waals surface area contributed by atoms with E-state index >= 15 is 0 Å². The number of rotatable bonds is 4. The lowest BCUT2D eigenvalue weighted by Gasteiger charge is -2.26. The maximum atomic E-state index is 10.9. The Kier molecular flexibility index (Phi) is 3.90. The Hall–Kier alpha value is -0.410. The second-order valence-electron chi connectivity index (χ2n) is 5.81. The highest BCUT2D eigenvalue weighted by atomic mass is 16.1. The van der Waals surface area contributed by atoms with E-state index in [9.17, 15) is 4.79 Å². The summed E-state index contributed by atoms with van der Waals surface area (Å²) in [6.07, 6.45) is 1.07. The van der Waals surface area contributed by atoms with E-state index in [0.717, 1.165) is 25.9 Å². The first-order chi connectivity index (χ1) is 6.85. The topological polar surface area (TPSA) is 23.6 Å². The van der Waals surface area contributed by atoms with Gasteiger partial charge in [-0.2, -0.15) is 0 Å². The minimum absolute atomic E-state index is 0.207. The molecule has 0 aromatic heterocycles. The Bertz CT molecular complexity index is 226. The number of likely N-dealkylation sites (tertiary alicyclic amines) is 1. The molecule has 0 N–H and O–H groups in total. The molecular weight excluding hydrogens is 188 g/mol. The van der Waals surface area contributed by atoms with Crippen LogP contribution in [-0.4, -0.2) is 55.9 Å². The molecule has 88 valence electrons. The number of nitrogens with zero attached hydrogens (tertiary/aromatic N) is 2. The van der Waals surface area contributed by atoms with Gasteiger partial charge >= 0.3 is 0 Å². The minimum Gasteiger partial charge on any atom is -0.305 e.